The summed E-state index contributed by atoms with van der Waals surface area (Å²) in [6.45, 7) is 7.85. The van der Waals surface area contributed by atoms with Crippen LogP contribution in [0, 0.1) is 11.8 Å². The van der Waals surface area contributed by atoms with Crippen molar-refractivity contribution in [3.8, 4) is 0 Å². The van der Waals surface area contributed by atoms with Gasteiger partial charge in [-0.05, 0) is 43.2 Å². The minimum Gasteiger partial charge on any atom is -0.381 e. The van der Waals surface area contributed by atoms with Crippen molar-refractivity contribution < 1.29 is 4.74 Å². The Morgan fingerprint density at radius 2 is 2.04 bits per heavy atom. The van der Waals surface area contributed by atoms with E-state index in [0.717, 1.165) is 12.5 Å². The Bertz CT molecular complexity index is 509. The molecule has 2 aliphatic rings. The first-order valence-electron chi connectivity index (χ1n) is 9.79. The predicted octanol–water partition coefficient (Wildman–Crippen LogP) is 5.73. The molecule has 128 valence electrons. The topological polar surface area (TPSA) is 21.3 Å². The zero-order valence-corrected chi connectivity index (χ0v) is 15.1. The van der Waals surface area contributed by atoms with Crippen molar-refractivity contribution >= 4 is 5.69 Å². The molecule has 1 saturated heterocycles. The van der Waals surface area contributed by atoms with Gasteiger partial charge in [0.1, 0.15) is 0 Å². The molecule has 2 heterocycles. The van der Waals surface area contributed by atoms with Crippen LogP contribution in [-0.2, 0) is 11.2 Å². The lowest BCUT2D eigenvalue weighted by molar-refractivity contribution is -0.0444. The first-order valence-corrected chi connectivity index (χ1v) is 9.79. The van der Waals surface area contributed by atoms with Gasteiger partial charge in [-0.15, -0.1) is 0 Å². The Morgan fingerprint density at radius 1 is 1.22 bits per heavy atom. The standard InChI is InChI=1S/C21H33NO/c1-4-7-9-15-11-12-19-18(14-15)21-17(10-8-13-23-21)20(22-19)16(5-2)6-3/h11-12,14,16-17,20-22H,4-10,13H2,1-3H3/t17-,20+,21-/m0/s1. The number of fused-ring (bicyclic) bond motifs is 3. The van der Waals surface area contributed by atoms with E-state index in [1.54, 1.807) is 0 Å². The smallest absolute Gasteiger partial charge is 0.0892 e. The molecular weight excluding hydrogens is 282 g/mol. The highest BCUT2D eigenvalue weighted by molar-refractivity contribution is 5.57. The molecule has 2 nitrogen and oxygen atoms in total. The summed E-state index contributed by atoms with van der Waals surface area (Å²) < 4.78 is 6.30. The molecular formula is C21H33NO. The highest BCUT2D eigenvalue weighted by Gasteiger charge is 2.41. The zero-order valence-electron chi connectivity index (χ0n) is 15.1. The van der Waals surface area contributed by atoms with Gasteiger partial charge in [-0.1, -0.05) is 52.2 Å². The molecule has 1 aromatic rings. The van der Waals surface area contributed by atoms with Crippen molar-refractivity contribution in [1.29, 1.82) is 0 Å². The van der Waals surface area contributed by atoms with E-state index in [4.69, 9.17) is 4.74 Å². The third kappa shape index (κ3) is 3.42. The number of unbranched alkanes of at least 4 members (excludes halogenated alkanes) is 1. The van der Waals surface area contributed by atoms with E-state index >= 15 is 0 Å². The van der Waals surface area contributed by atoms with Gasteiger partial charge in [0, 0.05) is 29.8 Å². The summed E-state index contributed by atoms with van der Waals surface area (Å²) in [4.78, 5) is 0. The van der Waals surface area contributed by atoms with Gasteiger partial charge in [0.2, 0.25) is 0 Å². The summed E-state index contributed by atoms with van der Waals surface area (Å²) >= 11 is 0. The normalized spacial score (nSPS) is 26.5. The van der Waals surface area contributed by atoms with Gasteiger partial charge in [0.25, 0.3) is 0 Å². The lowest BCUT2D eigenvalue weighted by Gasteiger charge is -2.46. The molecule has 0 radical (unpaired) electrons. The molecule has 1 fully saturated rings. The predicted molar refractivity (Wildman–Crippen MR) is 98.0 cm³/mol. The van der Waals surface area contributed by atoms with Gasteiger partial charge >= 0.3 is 0 Å². The van der Waals surface area contributed by atoms with E-state index in [2.05, 4.69) is 44.3 Å². The van der Waals surface area contributed by atoms with Gasteiger partial charge in [-0.2, -0.15) is 0 Å². The second kappa shape index (κ2) is 7.70. The molecule has 0 unspecified atom stereocenters. The number of aryl methyl sites for hydroxylation is 1. The number of anilines is 1. The largest absolute Gasteiger partial charge is 0.381 e. The fraction of sp³-hybridized carbons (Fsp3) is 0.714. The summed E-state index contributed by atoms with van der Waals surface area (Å²) in [5.41, 5.74) is 4.22. The molecule has 0 amide bonds. The molecule has 0 aromatic heterocycles. The molecule has 0 aliphatic carbocycles. The lowest BCUT2D eigenvalue weighted by atomic mass is 9.73. The van der Waals surface area contributed by atoms with Crippen molar-refractivity contribution in [2.45, 2.75) is 77.9 Å². The molecule has 3 rings (SSSR count). The van der Waals surface area contributed by atoms with Crippen LogP contribution in [0.3, 0.4) is 0 Å². The zero-order chi connectivity index (χ0) is 16.2. The van der Waals surface area contributed by atoms with Crippen LogP contribution in [0.1, 0.15) is 76.5 Å². The molecule has 23 heavy (non-hydrogen) atoms. The van der Waals surface area contributed by atoms with Gasteiger partial charge in [-0.25, -0.2) is 0 Å². The van der Waals surface area contributed by atoms with Crippen molar-refractivity contribution in [2.24, 2.45) is 11.8 Å². The summed E-state index contributed by atoms with van der Waals surface area (Å²) in [7, 11) is 0. The molecule has 0 saturated carbocycles. The summed E-state index contributed by atoms with van der Waals surface area (Å²) in [6, 6.07) is 7.62. The number of ether oxygens (including phenoxy) is 1. The number of hydrogen-bond donors (Lipinski definition) is 1. The van der Waals surface area contributed by atoms with Gasteiger partial charge in [0.15, 0.2) is 0 Å². The Labute approximate surface area is 142 Å². The number of nitrogens with one attached hydrogen (secondary N) is 1. The fourth-order valence-electron chi connectivity index (χ4n) is 4.56. The molecule has 1 aromatic carbocycles. The van der Waals surface area contributed by atoms with E-state index in [1.165, 1.54) is 61.8 Å². The maximum atomic E-state index is 6.30. The summed E-state index contributed by atoms with van der Waals surface area (Å²) in [5, 5.41) is 3.90. The average molecular weight is 316 g/mol. The maximum absolute atomic E-state index is 6.30. The molecule has 0 spiro atoms. The quantitative estimate of drug-likeness (QED) is 0.724. The number of rotatable bonds is 6. The van der Waals surface area contributed by atoms with E-state index in [0.29, 0.717) is 18.1 Å². The molecule has 1 N–H and O–H groups in total. The van der Waals surface area contributed by atoms with Crippen molar-refractivity contribution in [3.63, 3.8) is 0 Å². The van der Waals surface area contributed by atoms with Crippen LogP contribution in [0.2, 0.25) is 0 Å². The second-order valence-corrected chi connectivity index (χ2v) is 7.37. The monoisotopic (exact) mass is 315 g/mol. The minimum atomic E-state index is 0.312. The van der Waals surface area contributed by atoms with Gasteiger partial charge in [0.05, 0.1) is 6.10 Å². The highest BCUT2D eigenvalue weighted by atomic mass is 16.5. The van der Waals surface area contributed by atoms with Crippen molar-refractivity contribution in [3.05, 3.63) is 29.3 Å². The third-order valence-corrected chi connectivity index (χ3v) is 5.95. The van der Waals surface area contributed by atoms with Crippen LogP contribution in [0.5, 0.6) is 0 Å². The third-order valence-electron chi connectivity index (χ3n) is 5.95. The van der Waals surface area contributed by atoms with Crippen LogP contribution in [0.4, 0.5) is 5.69 Å². The summed E-state index contributed by atoms with van der Waals surface area (Å²) in [6.07, 6.45) is 9.06. The van der Waals surface area contributed by atoms with E-state index < -0.39 is 0 Å². The van der Waals surface area contributed by atoms with Crippen LogP contribution in [-0.4, -0.2) is 12.6 Å². The second-order valence-electron chi connectivity index (χ2n) is 7.37. The first kappa shape index (κ1) is 16.8. The SMILES string of the molecule is CCCCc1ccc2c(c1)[C@H]1OCCC[C@H]1[C@@H](C(CC)CC)N2. The van der Waals surface area contributed by atoms with E-state index in [1.807, 2.05) is 0 Å². The Hall–Kier alpha value is -1.02. The van der Waals surface area contributed by atoms with Crippen LogP contribution >= 0.6 is 0 Å². The van der Waals surface area contributed by atoms with Crippen LogP contribution in [0.15, 0.2) is 18.2 Å². The first-order chi connectivity index (χ1) is 11.3. The number of hydrogen-bond acceptors (Lipinski definition) is 2. The fourth-order valence-corrected chi connectivity index (χ4v) is 4.56. The van der Waals surface area contributed by atoms with Gasteiger partial charge < -0.3 is 10.1 Å². The average Bonchev–Trinajstić information content (AvgIpc) is 2.61. The van der Waals surface area contributed by atoms with Gasteiger partial charge in [-0.3, -0.25) is 0 Å². The Morgan fingerprint density at radius 3 is 2.78 bits per heavy atom. The number of benzene rings is 1. The maximum Gasteiger partial charge on any atom is 0.0892 e. The molecule has 2 aliphatic heterocycles. The Kier molecular flexibility index (Phi) is 5.63. The molecule has 3 atom stereocenters. The van der Waals surface area contributed by atoms with Crippen LogP contribution < -0.4 is 5.32 Å². The Balaban J connectivity index is 1.90. The minimum absolute atomic E-state index is 0.312. The molecule has 2 heteroatoms. The van der Waals surface area contributed by atoms with Crippen molar-refractivity contribution in [1.82, 2.24) is 0 Å². The highest BCUT2D eigenvalue weighted by Crippen LogP contribution is 2.46. The summed E-state index contributed by atoms with van der Waals surface area (Å²) in [5.74, 6) is 1.39. The van der Waals surface area contributed by atoms with E-state index in [9.17, 15) is 0 Å². The van der Waals surface area contributed by atoms with Crippen molar-refractivity contribution in [2.75, 3.05) is 11.9 Å². The van der Waals surface area contributed by atoms with Crippen LogP contribution in [0.25, 0.3) is 0 Å². The lowest BCUT2D eigenvalue weighted by Crippen LogP contribution is -2.45. The van der Waals surface area contributed by atoms with E-state index in [-0.39, 0.29) is 0 Å². The molecule has 0 bridgehead atoms.